The van der Waals surface area contributed by atoms with Gasteiger partial charge in [0.1, 0.15) is 29.8 Å². The van der Waals surface area contributed by atoms with Crippen LogP contribution in [-0.4, -0.2) is 48.0 Å². The number of aliphatic hydroxyl groups excluding tert-OH is 1. The van der Waals surface area contributed by atoms with E-state index in [2.05, 4.69) is 55.1 Å². The number of rotatable bonds is 6. The standard InChI is InChI=1S/C25H33NO3.ClH/c1-25(2)16-23(19-9-5-3-6-10-19)22-12-11-21(15-24(22)29-25)28-18-20(27)17-26-13-7-4-8-14-26;/h3,5-6,9-12,15,20,23,27H,4,7-8,13-14,16-18H2,1-2H3;1H. The summed E-state index contributed by atoms with van der Waals surface area (Å²) in [6.07, 6.45) is 4.23. The molecule has 0 bridgehead atoms. The molecule has 2 aromatic rings. The molecule has 0 aromatic heterocycles. The number of piperidine rings is 1. The molecule has 0 radical (unpaired) electrons. The van der Waals surface area contributed by atoms with Crippen molar-refractivity contribution in [3.63, 3.8) is 0 Å². The molecule has 1 fully saturated rings. The lowest BCUT2D eigenvalue weighted by molar-refractivity contribution is 0.0601. The highest BCUT2D eigenvalue weighted by Crippen LogP contribution is 2.45. The number of nitrogens with zero attached hydrogens (tertiary/aromatic N) is 1. The first-order valence-corrected chi connectivity index (χ1v) is 10.9. The Balaban J connectivity index is 0.00000256. The zero-order valence-corrected chi connectivity index (χ0v) is 18.9. The molecule has 0 amide bonds. The van der Waals surface area contributed by atoms with E-state index in [0.29, 0.717) is 19.1 Å². The number of aliphatic hydroxyl groups is 1. The van der Waals surface area contributed by atoms with Crippen molar-refractivity contribution in [3.8, 4) is 11.5 Å². The van der Waals surface area contributed by atoms with Crippen molar-refractivity contribution in [2.24, 2.45) is 0 Å². The maximum absolute atomic E-state index is 10.4. The third kappa shape index (κ3) is 5.69. The van der Waals surface area contributed by atoms with Gasteiger partial charge in [-0.05, 0) is 57.8 Å². The summed E-state index contributed by atoms with van der Waals surface area (Å²) in [6, 6.07) is 16.7. The van der Waals surface area contributed by atoms with Gasteiger partial charge in [0.2, 0.25) is 0 Å². The number of hydrogen-bond acceptors (Lipinski definition) is 4. The molecule has 2 unspecified atom stereocenters. The molecular weight excluding hydrogens is 398 g/mol. The van der Waals surface area contributed by atoms with Gasteiger partial charge >= 0.3 is 0 Å². The summed E-state index contributed by atoms with van der Waals surface area (Å²) < 4.78 is 12.2. The van der Waals surface area contributed by atoms with E-state index in [-0.39, 0.29) is 18.0 Å². The van der Waals surface area contributed by atoms with E-state index >= 15 is 0 Å². The summed E-state index contributed by atoms with van der Waals surface area (Å²) in [5, 5.41) is 10.4. The SMILES string of the molecule is CC1(C)CC(c2ccccc2)c2ccc(OCC(O)CN3CCCCC3)cc2O1.Cl. The third-order valence-electron chi connectivity index (χ3n) is 6.00. The fourth-order valence-corrected chi connectivity index (χ4v) is 4.59. The molecule has 164 valence electrons. The van der Waals surface area contributed by atoms with Gasteiger partial charge in [-0.25, -0.2) is 0 Å². The molecule has 1 saturated heterocycles. The van der Waals surface area contributed by atoms with Gasteiger partial charge in [-0.3, -0.25) is 0 Å². The number of fused-ring (bicyclic) bond motifs is 1. The average Bonchev–Trinajstić information content (AvgIpc) is 2.72. The van der Waals surface area contributed by atoms with E-state index in [1.54, 1.807) is 0 Å². The number of halogens is 1. The van der Waals surface area contributed by atoms with Crippen LogP contribution < -0.4 is 9.47 Å². The van der Waals surface area contributed by atoms with Crippen LogP contribution in [0.5, 0.6) is 11.5 Å². The van der Waals surface area contributed by atoms with Crippen molar-refractivity contribution in [2.45, 2.75) is 57.2 Å². The fraction of sp³-hybridized carbons (Fsp3) is 0.520. The molecule has 2 atom stereocenters. The molecule has 0 aliphatic carbocycles. The summed E-state index contributed by atoms with van der Waals surface area (Å²) in [5.74, 6) is 1.96. The molecule has 4 nitrogen and oxygen atoms in total. The first-order valence-electron chi connectivity index (χ1n) is 10.9. The minimum absolute atomic E-state index is 0. The molecule has 4 rings (SSSR count). The first-order chi connectivity index (χ1) is 14.0. The van der Waals surface area contributed by atoms with Gasteiger partial charge in [0.05, 0.1) is 0 Å². The van der Waals surface area contributed by atoms with Gasteiger partial charge in [-0.1, -0.05) is 42.8 Å². The predicted octanol–water partition coefficient (Wildman–Crippen LogP) is 5.03. The lowest BCUT2D eigenvalue weighted by Crippen LogP contribution is -2.38. The van der Waals surface area contributed by atoms with Crippen LogP contribution in [0.3, 0.4) is 0 Å². The van der Waals surface area contributed by atoms with Crippen LogP contribution in [-0.2, 0) is 0 Å². The molecule has 5 heteroatoms. The zero-order chi connectivity index (χ0) is 20.3. The Morgan fingerprint density at radius 3 is 2.57 bits per heavy atom. The van der Waals surface area contributed by atoms with E-state index < -0.39 is 6.10 Å². The van der Waals surface area contributed by atoms with Crippen molar-refractivity contribution in [3.05, 3.63) is 59.7 Å². The van der Waals surface area contributed by atoms with Gasteiger partial charge in [-0.15, -0.1) is 12.4 Å². The van der Waals surface area contributed by atoms with Crippen LogP contribution >= 0.6 is 12.4 Å². The number of β-amino-alcohol motifs (C(OH)–C–C–N with tert-alkyl or cyclic N) is 1. The second-order valence-electron chi connectivity index (χ2n) is 9.05. The van der Waals surface area contributed by atoms with Gasteiger partial charge < -0.3 is 19.5 Å². The van der Waals surface area contributed by atoms with Crippen molar-refractivity contribution in [1.82, 2.24) is 4.90 Å². The predicted molar refractivity (Wildman–Crippen MR) is 123 cm³/mol. The number of benzene rings is 2. The van der Waals surface area contributed by atoms with Crippen LogP contribution in [0.2, 0.25) is 0 Å². The van der Waals surface area contributed by atoms with Crippen LogP contribution in [0, 0.1) is 0 Å². The number of likely N-dealkylation sites (tertiary alicyclic amines) is 1. The van der Waals surface area contributed by atoms with Crippen molar-refractivity contribution in [2.75, 3.05) is 26.2 Å². The highest BCUT2D eigenvalue weighted by atomic mass is 35.5. The number of ether oxygens (including phenoxy) is 2. The van der Waals surface area contributed by atoms with E-state index in [0.717, 1.165) is 31.0 Å². The van der Waals surface area contributed by atoms with Crippen LogP contribution in [0.25, 0.3) is 0 Å². The summed E-state index contributed by atoms with van der Waals surface area (Å²) in [4.78, 5) is 2.33. The lowest BCUT2D eigenvalue weighted by atomic mass is 9.80. The minimum atomic E-state index is -0.474. The van der Waals surface area contributed by atoms with Gasteiger partial charge in [0, 0.05) is 24.1 Å². The van der Waals surface area contributed by atoms with E-state index in [4.69, 9.17) is 9.47 Å². The quantitative estimate of drug-likeness (QED) is 0.696. The first kappa shape index (κ1) is 22.9. The summed E-state index contributed by atoms with van der Waals surface area (Å²) in [5.41, 5.74) is 2.28. The Morgan fingerprint density at radius 1 is 1.10 bits per heavy atom. The normalized spacial score (nSPS) is 21.6. The topological polar surface area (TPSA) is 41.9 Å². The Morgan fingerprint density at radius 2 is 1.83 bits per heavy atom. The molecule has 2 aliphatic heterocycles. The van der Waals surface area contributed by atoms with Crippen molar-refractivity contribution >= 4 is 12.4 Å². The zero-order valence-electron chi connectivity index (χ0n) is 18.0. The number of hydrogen-bond donors (Lipinski definition) is 1. The third-order valence-corrected chi connectivity index (χ3v) is 6.00. The summed E-state index contributed by atoms with van der Waals surface area (Å²) in [7, 11) is 0. The van der Waals surface area contributed by atoms with E-state index in [1.807, 2.05) is 12.1 Å². The van der Waals surface area contributed by atoms with Crippen LogP contribution in [0.4, 0.5) is 0 Å². The molecule has 2 aromatic carbocycles. The van der Waals surface area contributed by atoms with Gasteiger partial charge in [0.15, 0.2) is 0 Å². The van der Waals surface area contributed by atoms with Crippen molar-refractivity contribution < 1.29 is 14.6 Å². The molecule has 0 spiro atoms. The Labute approximate surface area is 186 Å². The summed E-state index contributed by atoms with van der Waals surface area (Å²) in [6.45, 7) is 7.44. The van der Waals surface area contributed by atoms with Crippen LogP contribution in [0.15, 0.2) is 48.5 Å². The van der Waals surface area contributed by atoms with Crippen LogP contribution in [0.1, 0.15) is 56.6 Å². The maximum Gasteiger partial charge on any atom is 0.127 e. The van der Waals surface area contributed by atoms with E-state index in [9.17, 15) is 5.11 Å². The van der Waals surface area contributed by atoms with Crippen molar-refractivity contribution in [1.29, 1.82) is 0 Å². The summed E-state index contributed by atoms with van der Waals surface area (Å²) >= 11 is 0. The molecule has 30 heavy (non-hydrogen) atoms. The Kier molecular flexibility index (Phi) is 7.67. The molecule has 2 heterocycles. The second-order valence-corrected chi connectivity index (χ2v) is 9.05. The maximum atomic E-state index is 10.4. The monoisotopic (exact) mass is 431 g/mol. The largest absolute Gasteiger partial charge is 0.491 e. The molecule has 0 saturated carbocycles. The Bertz CT molecular complexity index is 805. The van der Waals surface area contributed by atoms with Gasteiger partial charge in [0.25, 0.3) is 0 Å². The average molecular weight is 432 g/mol. The fourth-order valence-electron chi connectivity index (χ4n) is 4.59. The minimum Gasteiger partial charge on any atom is -0.491 e. The smallest absolute Gasteiger partial charge is 0.127 e. The second kappa shape index (κ2) is 10.0. The Hall–Kier alpha value is -1.75. The highest BCUT2D eigenvalue weighted by Gasteiger charge is 2.34. The molecule has 2 aliphatic rings. The lowest BCUT2D eigenvalue weighted by Gasteiger charge is -2.38. The molecular formula is C25H34ClNO3. The highest BCUT2D eigenvalue weighted by molar-refractivity contribution is 5.85. The molecule has 1 N–H and O–H groups in total. The van der Waals surface area contributed by atoms with Gasteiger partial charge in [-0.2, -0.15) is 0 Å². The van der Waals surface area contributed by atoms with E-state index in [1.165, 1.54) is 30.4 Å².